The van der Waals surface area contributed by atoms with Crippen molar-refractivity contribution in [1.29, 1.82) is 0 Å². The molecule has 1 fully saturated rings. The molecule has 0 saturated carbocycles. The fourth-order valence-electron chi connectivity index (χ4n) is 4.34. The number of nitrogens with one attached hydrogen (secondary N) is 1. The molecule has 7 nitrogen and oxygen atoms in total. The SMILES string of the molecule is CC1CN(S(=O)(=O)c2ccc(NC(=O)CN(C)Cc3ccc4ccccc4c3)cc2)CC(C)O1. The summed E-state index contributed by atoms with van der Waals surface area (Å²) in [7, 11) is -1.71. The van der Waals surface area contributed by atoms with Gasteiger partial charge in [0.05, 0.1) is 23.6 Å². The largest absolute Gasteiger partial charge is 0.373 e. The Balaban J connectivity index is 1.34. The summed E-state index contributed by atoms with van der Waals surface area (Å²) < 4.78 is 33.1. The van der Waals surface area contributed by atoms with Crippen LogP contribution in [0, 0.1) is 0 Å². The molecule has 0 radical (unpaired) electrons. The Labute approximate surface area is 201 Å². The molecule has 1 aliphatic rings. The quantitative estimate of drug-likeness (QED) is 0.557. The maximum atomic E-state index is 13.0. The number of hydrogen-bond donors (Lipinski definition) is 1. The fourth-order valence-corrected chi connectivity index (χ4v) is 5.93. The van der Waals surface area contributed by atoms with Crippen molar-refractivity contribution < 1.29 is 17.9 Å². The second-order valence-corrected chi connectivity index (χ2v) is 10.9. The van der Waals surface area contributed by atoms with Crippen LogP contribution in [0.25, 0.3) is 10.8 Å². The molecule has 0 aromatic heterocycles. The fraction of sp³-hybridized carbons (Fsp3) is 0.346. The van der Waals surface area contributed by atoms with E-state index in [1.165, 1.54) is 27.2 Å². The van der Waals surface area contributed by atoms with E-state index in [9.17, 15) is 13.2 Å². The second-order valence-electron chi connectivity index (χ2n) is 9.01. The molecule has 3 aromatic rings. The molecule has 1 aliphatic heterocycles. The van der Waals surface area contributed by atoms with Crippen LogP contribution in [-0.4, -0.2) is 62.4 Å². The van der Waals surface area contributed by atoms with Crippen LogP contribution in [0.1, 0.15) is 19.4 Å². The van der Waals surface area contributed by atoms with Crippen molar-refractivity contribution in [3.63, 3.8) is 0 Å². The molecule has 3 aromatic carbocycles. The topological polar surface area (TPSA) is 79.0 Å². The normalized spacial score (nSPS) is 19.4. The predicted octanol–water partition coefficient (Wildman–Crippen LogP) is 3.71. The highest BCUT2D eigenvalue weighted by Crippen LogP contribution is 2.22. The van der Waals surface area contributed by atoms with Gasteiger partial charge in [-0.15, -0.1) is 0 Å². The first-order valence-electron chi connectivity index (χ1n) is 11.4. The van der Waals surface area contributed by atoms with E-state index in [0.29, 0.717) is 25.3 Å². The van der Waals surface area contributed by atoms with E-state index >= 15 is 0 Å². The third-order valence-corrected chi connectivity index (χ3v) is 7.69. The van der Waals surface area contributed by atoms with E-state index in [1.54, 1.807) is 12.1 Å². The molecule has 34 heavy (non-hydrogen) atoms. The van der Waals surface area contributed by atoms with Gasteiger partial charge < -0.3 is 10.1 Å². The van der Waals surface area contributed by atoms with E-state index in [2.05, 4.69) is 35.6 Å². The van der Waals surface area contributed by atoms with E-state index in [-0.39, 0.29) is 29.6 Å². The molecule has 0 aliphatic carbocycles. The van der Waals surface area contributed by atoms with Gasteiger partial charge in [0.15, 0.2) is 0 Å². The molecule has 1 heterocycles. The number of morpholine rings is 1. The second kappa shape index (κ2) is 10.2. The lowest BCUT2D eigenvalue weighted by molar-refractivity contribution is -0.117. The highest BCUT2D eigenvalue weighted by Gasteiger charge is 2.32. The van der Waals surface area contributed by atoms with Crippen molar-refractivity contribution in [3.05, 3.63) is 72.3 Å². The minimum absolute atomic E-state index is 0.149. The molecule has 1 amide bonds. The molecule has 4 rings (SSSR count). The van der Waals surface area contributed by atoms with Gasteiger partial charge in [0.2, 0.25) is 15.9 Å². The highest BCUT2D eigenvalue weighted by molar-refractivity contribution is 7.89. The third-order valence-electron chi connectivity index (χ3n) is 5.84. The first kappa shape index (κ1) is 24.3. The number of anilines is 1. The summed E-state index contributed by atoms with van der Waals surface area (Å²) in [5.41, 5.74) is 1.70. The van der Waals surface area contributed by atoms with Crippen LogP contribution in [0.15, 0.2) is 71.6 Å². The minimum Gasteiger partial charge on any atom is -0.373 e. The van der Waals surface area contributed by atoms with Gasteiger partial charge in [-0.05, 0) is 67.6 Å². The van der Waals surface area contributed by atoms with Gasteiger partial charge in [0, 0.05) is 25.3 Å². The lowest BCUT2D eigenvalue weighted by Gasteiger charge is -2.34. The summed E-state index contributed by atoms with van der Waals surface area (Å²) in [6.07, 6.45) is -0.299. The van der Waals surface area contributed by atoms with Crippen molar-refractivity contribution in [2.45, 2.75) is 37.5 Å². The first-order valence-corrected chi connectivity index (χ1v) is 12.9. The van der Waals surface area contributed by atoms with Crippen molar-refractivity contribution in [2.24, 2.45) is 0 Å². The summed E-state index contributed by atoms with van der Waals surface area (Å²) in [6.45, 7) is 5.26. The number of sulfonamides is 1. The monoisotopic (exact) mass is 481 g/mol. The smallest absolute Gasteiger partial charge is 0.243 e. The average molecular weight is 482 g/mol. The van der Waals surface area contributed by atoms with Gasteiger partial charge in [-0.25, -0.2) is 8.42 Å². The lowest BCUT2D eigenvalue weighted by Crippen LogP contribution is -2.48. The molecule has 1 N–H and O–H groups in total. The first-order chi connectivity index (χ1) is 16.2. The number of rotatable bonds is 7. The number of likely N-dealkylation sites (N-methyl/N-ethyl adjacent to an activating group) is 1. The maximum absolute atomic E-state index is 13.0. The third kappa shape index (κ3) is 5.82. The number of benzene rings is 3. The molecule has 1 saturated heterocycles. The van der Waals surface area contributed by atoms with Gasteiger partial charge in [-0.2, -0.15) is 4.31 Å². The average Bonchev–Trinajstić information content (AvgIpc) is 2.78. The van der Waals surface area contributed by atoms with Gasteiger partial charge in [0.25, 0.3) is 0 Å². The van der Waals surface area contributed by atoms with E-state index in [1.807, 2.05) is 37.9 Å². The number of carbonyl (C=O) groups excluding carboxylic acids is 1. The predicted molar refractivity (Wildman–Crippen MR) is 134 cm³/mol. The van der Waals surface area contributed by atoms with Crippen molar-refractivity contribution in [2.75, 3.05) is 32.0 Å². The Morgan fingerprint density at radius 2 is 1.65 bits per heavy atom. The molecule has 2 unspecified atom stereocenters. The van der Waals surface area contributed by atoms with Crippen LogP contribution in [0.4, 0.5) is 5.69 Å². The maximum Gasteiger partial charge on any atom is 0.243 e. The van der Waals surface area contributed by atoms with Crippen molar-refractivity contribution in [3.8, 4) is 0 Å². The van der Waals surface area contributed by atoms with Gasteiger partial charge in [-0.1, -0.05) is 36.4 Å². The van der Waals surface area contributed by atoms with Crippen molar-refractivity contribution in [1.82, 2.24) is 9.21 Å². The lowest BCUT2D eigenvalue weighted by atomic mass is 10.1. The standard InChI is InChI=1S/C26H31N3O4S/c1-19-15-29(16-20(2)33-19)34(31,32)25-12-10-24(11-13-25)27-26(30)18-28(3)17-21-8-9-22-6-4-5-7-23(22)14-21/h4-14,19-20H,15-18H2,1-3H3,(H,27,30). The molecular weight excluding hydrogens is 450 g/mol. The molecule has 2 atom stereocenters. The van der Waals surface area contributed by atoms with Gasteiger partial charge in [0.1, 0.15) is 0 Å². The van der Waals surface area contributed by atoms with Crippen molar-refractivity contribution >= 4 is 32.4 Å². The molecule has 0 bridgehead atoms. The number of ether oxygens (including phenoxy) is 1. The van der Waals surface area contributed by atoms with Gasteiger partial charge in [-0.3, -0.25) is 9.69 Å². The zero-order valence-electron chi connectivity index (χ0n) is 19.8. The number of nitrogens with zero attached hydrogens (tertiary/aromatic N) is 2. The van der Waals surface area contributed by atoms with Crippen LogP contribution >= 0.6 is 0 Å². The zero-order chi connectivity index (χ0) is 24.3. The molecule has 180 valence electrons. The highest BCUT2D eigenvalue weighted by atomic mass is 32.2. The van der Waals surface area contributed by atoms with Crippen LogP contribution in [0.5, 0.6) is 0 Å². The van der Waals surface area contributed by atoms with E-state index < -0.39 is 10.0 Å². The Morgan fingerprint density at radius 3 is 2.32 bits per heavy atom. The minimum atomic E-state index is -3.61. The number of fused-ring (bicyclic) bond motifs is 1. The summed E-state index contributed by atoms with van der Waals surface area (Å²) in [5.74, 6) is -0.158. The van der Waals surface area contributed by atoms with Gasteiger partial charge >= 0.3 is 0 Å². The van der Waals surface area contributed by atoms with Crippen LogP contribution in [-0.2, 0) is 26.1 Å². The van der Waals surface area contributed by atoms with Crippen LogP contribution in [0.2, 0.25) is 0 Å². The molecule has 8 heteroatoms. The Morgan fingerprint density at radius 1 is 1.00 bits per heavy atom. The number of hydrogen-bond acceptors (Lipinski definition) is 5. The summed E-state index contributed by atoms with van der Waals surface area (Å²) in [4.78, 5) is 14.7. The molecular formula is C26H31N3O4S. The van der Waals surface area contributed by atoms with Crippen LogP contribution < -0.4 is 5.32 Å². The summed E-state index contributed by atoms with van der Waals surface area (Å²) in [5, 5.41) is 5.22. The Hall–Kier alpha value is -2.78. The summed E-state index contributed by atoms with van der Waals surface area (Å²) >= 11 is 0. The number of amides is 1. The zero-order valence-corrected chi connectivity index (χ0v) is 20.6. The number of carbonyl (C=O) groups is 1. The van der Waals surface area contributed by atoms with E-state index in [0.717, 1.165) is 5.56 Å². The molecule has 0 spiro atoms. The van der Waals surface area contributed by atoms with E-state index in [4.69, 9.17) is 4.74 Å². The summed E-state index contributed by atoms with van der Waals surface area (Å²) in [6, 6.07) is 20.8. The Bertz CT molecular complexity index is 1250. The Kier molecular flexibility index (Phi) is 7.33. The van der Waals surface area contributed by atoms with Crippen LogP contribution in [0.3, 0.4) is 0 Å².